The lowest BCUT2D eigenvalue weighted by Crippen LogP contribution is -2.30. The molecular weight excluding hydrogens is 246 g/mol. The Hall–Kier alpha value is -1.04. The molecule has 1 atom stereocenters. The Morgan fingerprint density at radius 1 is 1.44 bits per heavy atom. The van der Waals surface area contributed by atoms with Crippen LogP contribution in [0.5, 0.6) is 0 Å². The highest BCUT2D eigenvalue weighted by molar-refractivity contribution is 7.00. The van der Waals surface area contributed by atoms with Gasteiger partial charge in [0.2, 0.25) is 0 Å². The molecule has 0 amide bonds. The Morgan fingerprint density at radius 2 is 2.33 bits per heavy atom. The molecule has 2 heterocycles. The summed E-state index contributed by atoms with van der Waals surface area (Å²) in [5, 5.41) is 3.55. The van der Waals surface area contributed by atoms with Gasteiger partial charge >= 0.3 is 0 Å². The van der Waals surface area contributed by atoms with Crippen molar-refractivity contribution in [2.45, 2.75) is 38.5 Å². The molecule has 0 bridgehead atoms. The average molecular weight is 263 g/mol. The van der Waals surface area contributed by atoms with Crippen LogP contribution in [-0.4, -0.2) is 27.0 Å². The van der Waals surface area contributed by atoms with Gasteiger partial charge < -0.3 is 10.1 Å². The summed E-state index contributed by atoms with van der Waals surface area (Å²) in [6, 6.07) is 6.58. The Morgan fingerprint density at radius 3 is 3.11 bits per heavy atom. The van der Waals surface area contributed by atoms with E-state index in [4.69, 9.17) is 4.74 Å². The van der Waals surface area contributed by atoms with Crippen molar-refractivity contribution in [2.75, 3.05) is 6.61 Å². The molecule has 1 aliphatic rings. The van der Waals surface area contributed by atoms with E-state index in [0.29, 0.717) is 6.04 Å². The van der Waals surface area contributed by atoms with Gasteiger partial charge in [-0.2, -0.15) is 8.75 Å². The third-order valence-electron chi connectivity index (χ3n) is 3.36. The zero-order valence-electron chi connectivity index (χ0n) is 10.6. The number of hydrogen-bond acceptors (Lipinski definition) is 5. The molecule has 0 aliphatic carbocycles. The van der Waals surface area contributed by atoms with Gasteiger partial charge in [0.15, 0.2) is 0 Å². The van der Waals surface area contributed by atoms with E-state index >= 15 is 0 Å². The van der Waals surface area contributed by atoms with Gasteiger partial charge in [0.25, 0.3) is 0 Å². The van der Waals surface area contributed by atoms with Crippen LogP contribution >= 0.6 is 11.7 Å². The average Bonchev–Trinajstić information content (AvgIpc) is 2.92. The molecule has 0 spiro atoms. The third kappa shape index (κ3) is 2.39. The Balaban J connectivity index is 1.69. The molecule has 1 unspecified atom stereocenters. The van der Waals surface area contributed by atoms with E-state index in [1.807, 2.05) is 12.1 Å². The number of benzene rings is 1. The summed E-state index contributed by atoms with van der Waals surface area (Å²) in [6.07, 6.45) is 1.05. The predicted molar refractivity (Wildman–Crippen MR) is 72.7 cm³/mol. The quantitative estimate of drug-likeness (QED) is 0.923. The van der Waals surface area contributed by atoms with Gasteiger partial charge in [0.1, 0.15) is 11.0 Å². The maximum absolute atomic E-state index is 5.73. The van der Waals surface area contributed by atoms with Crippen molar-refractivity contribution in [2.24, 2.45) is 0 Å². The fraction of sp³-hybridized carbons (Fsp3) is 0.538. The van der Waals surface area contributed by atoms with Gasteiger partial charge in [-0.1, -0.05) is 12.1 Å². The van der Waals surface area contributed by atoms with E-state index in [1.165, 1.54) is 17.3 Å². The maximum atomic E-state index is 5.73. The van der Waals surface area contributed by atoms with Gasteiger partial charge in [0.05, 0.1) is 23.9 Å². The zero-order valence-corrected chi connectivity index (χ0v) is 11.5. The second kappa shape index (κ2) is 4.57. The molecule has 18 heavy (non-hydrogen) atoms. The first kappa shape index (κ1) is 12.0. The number of aromatic nitrogens is 2. The smallest absolute Gasteiger partial charge is 0.109 e. The minimum Gasteiger partial charge on any atom is -0.374 e. The minimum atomic E-state index is 0.00582. The van der Waals surface area contributed by atoms with Crippen molar-refractivity contribution in [1.82, 2.24) is 14.1 Å². The molecule has 5 heteroatoms. The van der Waals surface area contributed by atoms with Gasteiger partial charge in [-0.05, 0) is 31.9 Å². The normalized spacial score (nSPS) is 22.7. The fourth-order valence-corrected chi connectivity index (χ4v) is 3.00. The zero-order chi connectivity index (χ0) is 12.6. The predicted octanol–water partition coefficient (Wildman–Crippen LogP) is 2.35. The lowest BCUT2D eigenvalue weighted by atomic mass is 10.0. The molecule has 0 saturated carbocycles. The number of rotatable bonds is 3. The second-order valence-electron chi connectivity index (χ2n) is 5.40. The third-order valence-corrected chi connectivity index (χ3v) is 3.91. The lowest BCUT2D eigenvalue weighted by molar-refractivity contribution is 0.0357. The SMILES string of the molecule is CC1(C)CC(NCc2cccc3nsnc23)CO1. The van der Waals surface area contributed by atoms with Crippen LogP contribution in [0.2, 0.25) is 0 Å². The van der Waals surface area contributed by atoms with Gasteiger partial charge in [-0.15, -0.1) is 0 Å². The van der Waals surface area contributed by atoms with Crippen molar-refractivity contribution < 1.29 is 4.74 Å². The van der Waals surface area contributed by atoms with Crippen LogP contribution in [0.4, 0.5) is 0 Å². The largest absolute Gasteiger partial charge is 0.374 e. The first-order chi connectivity index (χ1) is 8.64. The van der Waals surface area contributed by atoms with Crippen molar-refractivity contribution in [1.29, 1.82) is 0 Å². The summed E-state index contributed by atoms with van der Waals surface area (Å²) in [5.41, 5.74) is 3.23. The first-order valence-corrected chi connectivity index (χ1v) is 6.95. The highest BCUT2D eigenvalue weighted by Gasteiger charge is 2.31. The van der Waals surface area contributed by atoms with Gasteiger partial charge in [-0.3, -0.25) is 0 Å². The summed E-state index contributed by atoms with van der Waals surface area (Å²) in [5.74, 6) is 0. The number of ether oxygens (including phenoxy) is 1. The van der Waals surface area contributed by atoms with Crippen LogP contribution in [0, 0.1) is 0 Å². The molecule has 1 N–H and O–H groups in total. The van der Waals surface area contributed by atoms with E-state index in [9.17, 15) is 0 Å². The molecule has 1 aromatic carbocycles. The van der Waals surface area contributed by atoms with E-state index in [-0.39, 0.29) is 5.60 Å². The molecule has 4 nitrogen and oxygen atoms in total. The molecule has 0 radical (unpaired) electrons. The highest BCUT2D eigenvalue weighted by Crippen LogP contribution is 2.25. The summed E-state index contributed by atoms with van der Waals surface area (Å²) in [4.78, 5) is 0. The van der Waals surface area contributed by atoms with Crippen LogP contribution in [0.15, 0.2) is 18.2 Å². The Kier molecular flexibility index (Phi) is 3.05. The van der Waals surface area contributed by atoms with Gasteiger partial charge in [0, 0.05) is 12.6 Å². The molecule has 1 fully saturated rings. The summed E-state index contributed by atoms with van der Waals surface area (Å²) >= 11 is 1.27. The Labute approximate surface area is 111 Å². The summed E-state index contributed by atoms with van der Waals surface area (Å²) in [6.45, 7) is 5.89. The van der Waals surface area contributed by atoms with E-state index in [2.05, 4.69) is 34.0 Å². The van der Waals surface area contributed by atoms with Crippen molar-refractivity contribution in [3.63, 3.8) is 0 Å². The molecule has 1 saturated heterocycles. The van der Waals surface area contributed by atoms with Crippen molar-refractivity contribution in [3.05, 3.63) is 23.8 Å². The van der Waals surface area contributed by atoms with Crippen LogP contribution in [-0.2, 0) is 11.3 Å². The lowest BCUT2D eigenvalue weighted by Gasteiger charge is -2.16. The molecular formula is C13H17N3OS. The summed E-state index contributed by atoms with van der Waals surface area (Å²) in [7, 11) is 0. The topological polar surface area (TPSA) is 47.0 Å². The standard InChI is InChI=1S/C13H17N3OS/c1-13(2)6-10(8-17-13)14-7-9-4-3-5-11-12(9)16-18-15-11/h3-5,10,14H,6-8H2,1-2H3. The molecule has 96 valence electrons. The van der Waals surface area contributed by atoms with Crippen molar-refractivity contribution in [3.8, 4) is 0 Å². The van der Waals surface area contributed by atoms with Crippen LogP contribution in [0.1, 0.15) is 25.8 Å². The number of hydrogen-bond donors (Lipinski definition) is 1. The van der Waals surface area contributed by atoms with Gasteiger partial charge in [-0.25, -0.2) is 0 Å². The molecule has 1 aromatic heterocycles. The number of nitrogens with zero attached hydrogens (tertiary/aromatic N) is 2. The van der Waals surface area contributed by atoms with E-state index in [0.717, 1.165) is 30.6 Å². The first-order valence-electron chi connectivity index (χ1n) is 6.22. The maximum Gasteiger partial charge on any atom is 0.109 e. The molecule has 3 rings (SSSR count). The van der Waals surface area contributed by atoms with E-state index < -0.39 is 0 Å². The minimum absolute atomic E-state index is 0.00582. The second-order valence-corrected chi connectivity index (χ2v) is 5.93. The fourth-order valence-electron chi connectivity index (χ4n) is 2.43. The van der Waals surface area contributed by atoms with Crippen LogP contribution in [0.3, 0.4) is 0 Å². The molecule has 2 aromatic rings. The summed E-state index contributed by atoms with van der Waals surface area (Å²) < 4.78 is 14.3. The van der Waals surface area contributed by atoms with Crippen LogP contribution < -0.4 is 5.32 Å². The highest BCUT2D eigenvalue weighted by atomic mass is 32.1. The number of nitrogens with one attached hydrogen (secondary N) is 1. The number of fused-ring (bicyclic) bond motifs is 1. The van der Waals surface area contributed by atoms with Crippen LogP contribution in [0.25, 0.3) is 11.0 Å². The Bertz CT molecular complexity index is 552. The monoisotopic (exact) mass is 263 g/mol. The molecule has 1 aliphatic heterocycles. The van der Waals surface area contributed by atoms with Crippen molar-refractivity contribution >= 4 is 22.8 Å². The van der Waals surface area contributed by atoms with E-state index in [1.54, 1.807) is 0 Å².